The lowest BCUT2D eigenvalue weighted by Gasteiger charge is -2.35. The average molecular weight is 2150 g/mol. The monoisotopic (exact) mass is 2150 g/mol. The first-order valence-corrected chi connectivity index (χ1v) is 56.7. The molecule has 4 aliphatic heterocycles. The van der Waals surface area contributed by atoms with Gasteiger partial charge in [-0.1, -0.05) is 51.4 Å². The fourth-order valence-corrected chi connectivity index (χ4v) is 24.7. The van der Waals surface area contributed by atoms with Gasteiger partial charge in [-0.05, 0) is 301 Å². The predicted octanol–water partition coefficient (Wildman–Crippen LogP) is 19.7. The highest BCUT2D eigenvalue weighted by Gasteiger charge is 2.45. The molecule has 0 bridgehead atoms. The molecule has 12 heterocycles. The Labute approximate surface area is 895 Å². The molecule has 12 N–H and O–H groups in total. The summed E-state index contributed by atoms with van der Waals surface area (Å²) >= 11 is 4.58. The summed E-state index contributed by atoms with van der Waals surface area (Å²) in [6.45, 7) is 38.1. The Bertz CT molecular complexity index is 5750. The van der Waals surface area contributed by atoms with Gasteiger partial charge < -0.3 is 82.6 Å². The maximum absolute atomic E-state index is 15.0. The van der Waals surface area contributed by atoms with Crippen LogP contribution in [0, 0.1) is 27.7 Å². The van der Waals surface area contributed by atoms with E-state index in [9.17, 15) is 58.8 Å². The van der Waals surface area contributed by atoms with Gasteiger partial charge in [-0.15, -0.1) is 45.3 Å². The molecule has 4 saturated heterocycles. The van der Waals surface area contributed by atoms with E-state index in [1.807, 2.05) is 89.5 Å². The molecule has 0 spiro atoms. The number of aliphatic hydroxyl groups is 4. The highest BCUT2D eigenvalue weighted by molar-refractivity contribution is 7.18. The minimum atomic E-state index is -1.29. The number of piperidine rings is 2. The van der Waals surface area contributed by atoms with Gasteiger partial charge in [0.25, 0.3) is 47.3 Å². The highest BCUT2D eigenvalue weighted by atomic mass is 32.1. The summed E-state index contributed by atoms with van der Waals surface area (Å²) in [6, 6.07) is 6.63. The van der Waals surface area contributed by atoms with Crippen molar-refractivity contribution in [2.24, 2.45) is 0 Å². The van der Waals surface area contributed by atoms with Crippen molar-refractivity contribution in [1.82, 2.24) is 80.7 Å². The van der Waals surface area contributed by atoms with Gasteiger partial charge in [0, 0.05) is 124 Å². The van der Waals surface area contributed by atoms with E-state index in [-0.39, 0.29) is 141 Å². The summed E-state index contributed by atoms with van der Waals surface area (Å²) in [5.74, 6) is -0.180. The molecule has 32 nitrogen and oxygen atoms in total. The predicted molar refractivity (Wildman–Crippen MR) is 585 cm³/mol. The van der Waals surface area contributed by atoms with Gasteiger partial charge in [0.15, 0.2) is 20.0 Å². The molecule has 40 heteroatoms. The van der Waals surface area contributed by atoms with Crippen molar-refractivity contribution in [1.29, 1.82) is 0 Å². The molecule has 4 aliphatic carbocycles. The zero-order chi connectivity index (χ0) is 109. The number of aromatic nitrogens is 8. The number of amides is 8. The summed E-state index contributed by atoms with van der Waals surface area (Å²) < 4.78 is 60.1. The number of nitrogens with zero attached hydrogens (tertiary/aromatic N) is 12. The normalized spacial score (nSPS) is 24.2. The summed E-state index contributed by atoms with van der Waals surface area (Å²) in [5, 5.41) is 64.6. The number of aryl methyl sites for hydroxylation is 4. The number of halogens is 4. The van der Waals surface area contributed by atoms with E-state index in [1.54, 1.807) is 118 Å². The number of carbonyl (C=O) groups excluding carboxylic acids is 8. The van der Waals surface area contributed by atoms with Gasteiger partial charge in [-0.3, -0.25) is 38.4 Å². The maximum Gasteiger partial charge on any atom is 0.280 e. The van der Waals surface area contributed by atoms with Gasteiger partial charge in [-0.25, -0.2) is 57.4 Å². The number of thiazole rings is 4. The van der Waals surface area contributed by atoms with Crippen LogP contribution in [0.4, 0.5) is 40.8 Å². The number of rotatable bonds is 28. The number of alkyl halides is 4. The van der Waals surface area contributed by atoms with Gasteiger partial charge in [0.2, 0.25) is 0 Å². The summed E-state index contributed by atoms with van der Waals surface area (Å²) in [6.07, 6.45) is 28.9. The molecule has 820 valence electrons. The topological polar surface area (TPSA) is 430 Å². The molecule has 8 aliphatic rings. The number of carbonyl (C=O) groups is 8. The van der Waals surface area contributed by atoms with Crippen LogP contribution >= 0.6 is 45.3 Å². The van der Waals surface area contributed by atoms with Crippen LogP contribution in [0.5, 0.6) is 0 Å². The van der Waals surface area contributed by atoms with Crippen LogP contribution < -0.4 is 42.5 Å². The van der Waals surface area contributed by atoms with E-state index >= 15 is 17.6 Å². The second kappa shape index (κ2) is 48.9. The molecule has 8 aromatic heterocycles. The Balaban J connectivity index is 0.000000167. The molecule has 4 unspecified atom stereocenters. The Kier molecular flexibility index (Phi) is 38.1. The van der Waals surface area contributed by atoms with Crippen LogP contribution in [0.25, 0.3) is 41.8 Å². The highest BCUT2D eigenvalue weighted by Crippen LogP contribution is 2.45. The third-order valence-electron chi connectivity index (χ3n) is 29.8. The summed E-state index contributed by atoms with van der Waals surface area (Å²) in [7, 11) is 0. The molecular weight excluding hydrogens is 2000 g/mol. The number of likely N-dealkylation sites (tertiary alicyclic amines) is 4. The van der Waals surface area contributed by atoms with E-state index in [0.717, 1.165) is 209 Å². The van der Waals surface area contributed by atoms with E-state index in [2.05, 4.69) is 82.4 Å². The van der Waals surface area contributed by atoms with Crippen LogP contribution in [0.15, 0.2) is 49.1 Å². The van der Waals surface area contributed by atoms with Crippen molar-refractivity contribution in [3.8, 4) is 41.8 Å². The quantitative estimate of drug-likeness (QED) is 0.0203. The third kappa shape index (κ3) is 30.2. The Morgan fingerprint density at radius 1 is 0.320 bits per heavy atom. The van der Waals surface area contributed by atoms with Crippen LogP contribution in [0.1, 0.15) is 381 Å². The zero-order valence-corrected chi connectivity index (χ0v) is 94.1. The van der Waals surface area contributed by atoms with Crippen LogP contribution in [-0.4, -0.2) is 273 Å². The molecule has 150 heavy (non-hydrogen) atoms. The largest absolute Gasteiger partial charge is 0.389 e. The smallest absolute Gasteiger partial charge is 0.280 e. The molecular formula is C110H156F4N20O12S4. The fourth-order valence-electron chi connectivity index (χ4n) is 20.6. The fraction of sp³-hybridized carbons (Fsp3) is 0.636. The lowest BCUT2D eigenvalue weighted by molar-refractivity contribution is 0.0622. The van der Waals surface area contributed by atoms with Gasteiger partial charge >= 0.3 is 0 Å². The molecule has 16 rings (SSSR count). The minimum absolute atomic E-state index is 0.0583. The Morgan fingerprint density at radius 2 is 0.513 bits per heavy atom. The van der Waals surface area contributed by atoms with Crippen LogP contribution in [0.3, 0.4) is 0 Å². The van der Waals surface area contributed by atoms with Crippen molar-refractivity contribution >= 4 is 116 Å². The number of hydrogen-bond acceptors (Lipinski definition) is 28. The first-order valence-electron chi connectivity index (χ1n) is 53.4. The molecule has 0 radical (unpaired) electrons. The minimum Gasteiger partial charge on any atom is -0.389 e. The molecule has 8 fully saturated rings. The Morgan fingerprint density at radius 3 is 0.687 bits per heavy atom. The van der Waals surface area contributed by atoms with E-state index in [1.165, 1.54) is 0 Å². The van der Waals surface area contributed by atoms with Crippen molar-refractivity contribution < 1.29 is 76.3 Å². The Hall–Kier alpha value is -10.4. The van der Waals surface area contributed by atoms with Gasteiger partial charge in [0.1, 0.15) is 68.7 Å². The van der Waals surface area contributed by atoms with Crippen molar-refractivity contribution in [2.75, 3.05) is 73.6 Å². The van der Waals surface area contributed by atoms with Crippen molar-refractivity contribution in [2.45, 2.75) is 399 Å². The number of anilines is 4. The number of hydrogen-bond donors (Lipinski definition) is 12. The van der Waals surface area contributed by atoms with Crippen LogP contribution in [-0.2, 0) is 0 Å². The second-order valence-electron chi connectivity index (χ2n) is 45.9. The zero-order valence-electron chi connectivity index (χ0n) is 90.8. The van der Waals surface area contributed by atoms with Gasteiger partial charge in [-0.2, -0.15) is 0 Å². The maximum atomic E-state index is 15.0. The van der Waals surface area contributed by atoms with E-state index in [4.69, 9.17) is 0 Å². The first-order chi connectivity index (χ1) is 70.4. The van der Waals surface area contributed by atoms with Crippen molar-refractivity contribution in [3.63, 3.8) is 0 Å². The van der Waals surface area contributed by atoms with Crippen molar-refractivity contribution in [3.05, 3.63) is 114 Å². The number of nitrogens with one attached hydrogen (secondary N) is 8. The summed E-state index contributed by atoms with van der Waals surface area (Å²) in [4.78, 5) is 152. The van der Waals surface area contributed by atoms with Crippen LogP contribution in [0.2, 0.25) is 0 Å². The molecule has 8 amide bonds. The standard InChI is InChI=1S/2C28H40FN5O3S.2C27H38FN5O3S/c2*1-17-14-21(32-20-11-6-8-12-28(20,5)29)30-15-19(17)23-22(26(36)34-13-9-7-10-18(34)2)33-25(38-23)24(35)31-16-27(3,4)37;2*1-16-13-20(31-19-10-6-7-11-27(19,5)28)29-14-18(16)22-21(25(35)33-12-8-9-17(33)2)32-24(37-22)23(34)30-15-26(3,4)36/h2*14-15,18,20,37H,6-13,16H2,1-5H3,(H,30,32)(H,31,35);2*13-14,17,19,36H,6-12,15H2,1-5H3,(H,29,31)(H,30,34)/t18-,20+,28?;18-,20-,28?;17-,19+,27?;17-,19-,27?/m0000/s1. The van der Waals surface area contributed by atoms with E-state index < -0.39 is 68.7 Å². The molecule has 4 saturated carbocycles. The molecule has 8 aromatic rings. The SMILES string of the molecule is Cc1cc(N[C@@H]2CCCCC2(C)F)ncc1-c1sc(C(=O)NCC(C)(C)O)nc1C(=O)N1CCCC[C@@H]1C.Cc1cc(N[C@@H]2CCCCC2(C)F)ncc1-c1sc(C(=O)NCC(C)(C)O)nc1C(=O)N1CCC[C@@H]1C.Cc1cc(N[C@H]2CCCCC2(C)F)ncc1-c1sc(C(=O)NCC(C)(C)O)nc1C(=O)N1CCCC[C@@H]1C.Cc1cc(N[C@H]2CCCCC2(C)F)ncc1-c1sc(C(=O)NCC(C)(C)O)nc1C(=O)N1CCC[C@@H]1C. The van der Waals surface area contributed by atoms with E-state index in [0.29, 0.717) is 117 Å². The average Bonchev–Trinajstić information content (AvgIpc) is 1.64. The lowest BCUT2D eigenvalue weighted by Crippen LogP contribution is -2.43. The number of pyridine rings is 4. The third-order valence-corrected chi connectivity index (χ3v) is 34.2. The van der Waals surface area contributed by atoms with Gasteiger partial charge in [0.05, 0.1) is 66.1 Å². The summed E-state index contributed by atoms with van der Waals surface area (Å²) in [5.41, 5.74) is -2.23. The molecule has 0 aromatic carbocycles. The lowest BCUT2D eigenvalue weighted by atomic mass is 9.83. The molecule has 12 atom stereocenters. The second-order valence-corrected chi connectivity index (χ2v) is 49.9. The first kappa shape index (κ1) is 117.